The molecule has 0 bridgehead atoms. The van der Waals surface area contributed by atoms with Crippen molar-refractivity contribution in [1.29, 1.82) is 0 Å². The van der Waals surface area contributed by atoms with Crippen molar-refractivity contribution in [2.45, 2.75) is 37.7 Å². The lowest BCUT2D eigenvalue weighted by molar-refractivity contribution is -0.147. The van der Waals surface area contributed by atoms with E-state index in [9.17, 15) is 28.0 Å². The third-order valence-electron chi connectivity index (χ3n) is 4.57. The number of fused-ring (bicyclic) bond motifs is 1. The van der Waals surface area contributed by atoms with Gasteiger partial charge in [0.2, 0.25) is 11.8 Å². The molecule has 1 saturated heterocycles. The van der Waals surface area contributed by atoms with Gasteiger partial charge in [0.25, 0.3) is 11.8 Å². The first-order valence-corrected chi connectivity index (χ1v) is 9.34. The minimum Gasteiger partial charge on any atom is -0.346 e. The molecule has 0 unspecified atom stereocenters. The lowest BCUT2D eigenvalue weighted by Gasteiger charge is -2.29. The van der Waals surface area contributed by atoms with Crippen LogP contribution in [0, 0.1) is 0 Å². The molecule has 2 aliphatic rings. The van der Waals surface area contributed by atoms with Crippen LogP contribution in [0.3, 0.4) is 0 Å². The molecule has 10 heteroatoms. The summed E-state index contributed by atoms with van der Waals surface area (Å²) < 4.78 is 103. The predicted molar refractivity (Wildman–Crippen MR) is 110 cm³/mol. The van der Waals surface area contributed by atoms with Gasteiger partial charge in [0.05, 0.1) is 6.85 Å². The molecule has 2 N–H and O–H groups in total. The number of rotatable bonds is 5. The summed E-state index contributed by atoms with van der Waals surface area (Å²) in [6.45, 7) is -6.49. The van der Waals surface area contributed by atoms with Gasteiger partial charge in [-0.3, -0.25) is 24.5 Å². The number of hydrogen-bond donors (Lipinski definition) is 2. The molecule has 0 aromatic heterocycles. The first kappa shape index (κ1) is 13.3. The summed E-state index contributed by atoms with van der Waals surface area (Å²) in [6, 6.07) is 2.90. The molecule has 7 nitrogen and oxygen atoms in total. The summed E-state index contributed by atoms with van der Waals surface area (Å²) in [4.78, 5) is 50.5. The van der Waals surface area contributed by atoms with E-state index in [4.69, 9.17) is 24.0 Å². The van der Waals surface area contributed by atoms with Crippen molar-refractivity contribution in [3.8, 4) is 0 Å². The highest BCUT2D eigenvalue weighted by atomic mass is 35.5. The summed E-state index contributed by atoms with van der Waals surface area (Å²) in [5, 5.41) is -1.05. The van der Waals surface area contributed by atoms with Crippen LogP contribution in [0.2, 0.25) is 7.85 Å². The molecule has 0 spiro atoms. The van der Waals surface area contributed by atoms with Crippen LogP contribution < -0.4 is 10.6 Å². The fraction of sp³-hybridized carbons (Fsp3) is 0.273. The lowest BCUT2D eigenvalue weighted by atomic mass is 10.0. The molecule has 0 saturated carbocycles. The number of carbonyl (C=O) groups is 4. The topological polar surface area (TPSA) is 95.6 Å². The van der Waals surface area contributed by atoms with E-state index in [2.05, 4.69) is 0 Å². The Balaban J connectivity index is 1.73. The van der Waals surface area contributed by atoms with Crippen LogP contribution >= 0.6 is 11.6 Å². The van der Waals surface area contributed by atoms with E-state index < -0.39 is 94.2 Å². The molecule has 2 aromatic carbocycles. The van der Waals surface area contributed by atoms with Crippen molar-refractivity contribution in [1.82, 2.24) is 15.5 Å². The minimum absolute atomic E-state index is 0.0104. The summed E-state index contributed by atoms with van der Waals surface area (Å²) >= 11 is 5.67. The Morgan fingerprint density at radius 3 is 2.78 bits per heavy atom. The average molecular weight is 471 g/mol. The molecule has 166 valence electrons. The highest BCUT2D eigenvalue weighted by Crippen LogP contribution is 2.30. The van der Waals surface area contributed by atoms with Crippen LogP contribution in [-0.2, 0) is 33.3 Å². The van der Waals surface area contributed by atoms with Crippen molar-refractivity contribution in [2.75, 3.05) is 0 Å². The quantitative estimate of drug-likeness (QED) is 0.656. The Bertz CT molecular complexity index is 1500. The van der Waals surface area contributed by atoms with E-state index in [1.165, 1.54) is 0 Å². The van der Waals surface area contributed by atoms with E-state index in [0.29, 0.717) is 6.07 Å². The second kappa shape index (κ2) is 8.31. The number of nitrogens with zero attached hydrogens (tertiary/aromatic N) is 1. The van der Waals surface area contributed by atoms with Gasteiger partial charge >= 0.3 is 5.92 Å². The van der Waals surface area contributed by atoms with Crippen LogP contribution in [-0.4, -0.2) is 34.5 Å². The molecule has 0 aliphatic carbocycles. The van der Waals surface area contributed by atoms with Gasteiger partial charge in [-0.15, -0.1) is 0 Å². The minimum atomic E-state index is -4.38. The number of nitrogens with one attached hydrogen (secondary N) is 2. The number of alkyl halides is 2. The van der Waals surface area contributed by atoms with Crippen molar-refractivity contribution in [2.24, 2.45) is 0 Å². The molecule has 2 aromatic rings. The molecule has 32 heavy (non-hydrogen) atoms. The Morgan fingerprint density at radius 1 is 1.34 bits per heavy atom. The summed E-state index contributed by atoms with van der Waals surface area (Å²) in [5.74, 6) is -11.3. The van der Waals surface area contributed by atoms with Crippen LogP contribution in [0.15, 0.2) is 42.5 Å². The fourth-order valence-corrected chi connectivity index (χ4v) is 3.07. The van der Waals surface area contributed by atoms with Gasteiger partial charge in [0, 0.05) is 38.3 Å². The molecule has 2 heterocycles. The normalized spacial score (nSPS) is 28.7. The lowest BCUT2D eigenvalue weighted by Crippen LogP contribution is -2.52. The number of carbonyl (C=O) groups excluding carboxylic acids is 4. The van der Waals surface area contributed by atoms with E-state index in [-0.39, 0.29) is 9.92 Å². The number of imide groups is 1. The molecule has 1 atom stereocenters. The number of piperidine rings is 1. The van der Waals surface area contributed by atoms with Crippen LogP contribution in [0.1, 0.15) is 49.4 Å². The Morgan fingerprint density at radius 2 is 2.06 bits per heavy atom. The maximum Gasteiger partial charge on any atom is 0.349 e. The van der Waals surface area contributed by atoms with Gasteiger partial charge < -0.3 is 10.2 Å². The first-order chi connectivity index (χ1) is 18.6. The predicted octanol–water partition coefficient (Wildman–Crippen LogP) is 2.51. The molecular weight excluding hydrogens is 444 g/mol. The SMILES string of the molecule is [2H]N1C(=O)C([2H])([2H])C[C@]([2H])(N2C(=O)c3ccc(C([2H])([2H])N([2H])C(=O)C(F)(F)c4ccc(Cl)cc4)cc3C2([2H])[2H])C1=O. The van der Waals surface area contributed by atoms with E-state index in [0.717, 1.165) is 36.4 Å². The molecule has 4 rings (SSSR count). The third-order valence-corrected chi connectivity index (χ3v) is 4.83. The van der Waals surface area contributed by atoms with Gasteiger partial charge in [0.15, 0.2) is 2.82 Å². The first-order valence-electron chi connectivity index (χ1n) is 13.4. The molecule has 1 fully saturated rings. The highest BCUT2D eigenvalue weighted by molar-refractivity contribution is 6.30. The zero-order valence-corrected chi connectivity index (χ0v) is 16.6. The third kappa shape index (κ3) is 4.08. The monoisotopic (exact) mass is 470 g/mol. The standard InChI is InChI=1S/C22H18ClF2N3O4/c23-15-4-2-14(3-5-15)22(24,25)21(32)26-10-12-1-6-16-13(9-12)11-28(20(16)31)17-7-8-18(29)27-19(17)30/h1-6,9,17H,7-8,10-11H2,(H,26,32)(H,27,29,30)/t17-/m0/s1/i8D2,10D2,11D2,17D/hD2. The van der Waals surface area contributed by atoms with Crippen LogP contribution in [0.25, 0.3) is 0 Å². The summed E-state index contributed by atoms with van der Waals surface area (Å²) in [7, 11) is 0. The van der Waals surface area contributed by atoms with Gasteiger partial charge in [-0.2, -0.15) is 8.78 Å². The van der Waals surface area contributed by atoms with Crippen LogP contribution in [0.4, 0.5) is 8.78 Å². The van der Waals surface area contributed by atoms with Crippen molar-refractivity contribution in [3.05, 3.63) is 69.7 Å². The smallest absolute Gasteiger partial charge is 0.346 e. The van der Waals surface area contributed by atoms with E-state index >= 15 is 0 Å². The molecule has 2 aliphatic heterocycles. The van der Waals surface area contributed by atoms with Gasteiger partial charge in [-0.1, -0.05) is 35.9 Å². The summed E-state index contributed by atoms with van der Waals surface area (Å²) in [6.07, 6.45) is -4.33. The largest absolute Gasteiger partial charge is 0.349 e. The Kier molecular flexibility index (Phi) is 3.45. The highest BCUT2D eigenvalue weighted by Gasteiger charge is 2.41. The molecular formula is C22H18ClF2N3O4. The number of halogens is 3. The number of hydrogen-bond acceptors (Lipinski definition) is 4. The zero-order chi connectivity index (χ0) is 31.1. The maximum atomic E-state index is 14.9. The van der Waals surface area contributed by atoms with Crippen molar-refractivity contribution < 1.29 is 40.4 Å². The fourth-order valence-electron chi connectivity index (χ4n) is 2.95. The number of amides is 4. The summed E-state index contributed by atoms with van der Waals surface area (Å²) in [5.41, 5.74) is -2.84. The maximum absolute atomic E-state index is 14.9. The molecule has 4 amide bonds. The second-order valence-corrected chi connectivity index (χ2v) is 7.08. The van der Waals surface area contributed by atoms with Crippen LogP contribution in [0.5, 0.6) is 0 Å². The second-order valence-electron chi connectivity index (χ2n) is 6.65. The number of benzene rings is 2. The van der Waals surface area contributed by atoms with Crippen molar-refractivity contribution in [3.63, 3.8) is 0 Å². The Hall–Kier alpha value is -3.33. The van der Waals surface area contributed by atoms with E-state index in [1.54, 1.807) is 0 Å². The van der Waals surface area contributed by atoms with Gasteiger partial charge in [0.1, 0.15) is 6.02 Å². The zero-order valence-electron chi connectivity index (χ0n) is 24.9. The van der Waals surface area contributed by atoms with Gasteiger partial charge in [-0.25, -0.2) is 0 Å². The Labute approximate surface area is 199 Å². The average Bonchev–Trinajstić information content (AvgIpc) is 3.10. The van der Waals surface area contributed by atoms with E-state index in [1.807, 2.05) is 0 Å². The van der Waals surface area contributed by atoms with Gasteiger partial charge in [-0.05, 0) is 35.7 Å². The molecule has 0 radical (unpaired) electrons. The van der Waals surface area contributed by atoms with Crippen molar-refractivity contribution >= 4 is 35.2 Å².